The lowest BCUT2D eigenvalue weighted by Gasteiger charge is -2.24. The molecule has 0 fully saturated rings. The monoisotopic (exact) mass is 423 g/mol. The molecule has 1 amide bonds. The molecule has 156 valence electrons. The van der Waals surface area contributed by atoms with E-state index in [1.807, 2.05) is 19.1 Å². The molecule has 3 rings (SSSR count). The molecule has 1 aromatic heterocycles. The number of carbonyl (C=O) groups is 1. The summed E-state index contributed by atoms with van der Waals surface area (Å²) in [4.78, 5) is 16.8. The highest BCUT2D eigenvalue weighted by atomic mass is 32.2. The molecule has 0 bridgehead atoms. The molecule has 0 aliphatic rings. The SMILES string of the molecule is Cc1ccc(S(=O)(=O)N(CC(=O)Nc2cccnc2)c2ccc(C(C)C)cc2)cc1. The molecule has 0 unspecified atom stereocenters. The first-order valence-electron chi connectivity index (χ1n) is 9.66. The molecule has 0 saturated carbocycles. The van der Waals surface area contributed by atoms with Crippen LogP contribution in [-0.4, -0.2) is 25.9 Å². The fraction of sp³-hybridized carbons (Fsp3) is 0.217. The van der Waals surface area contributed by atoms with Gasteiger partial charge < -0.3 is 5.32 Å². The Morgan fingerprint density at radius 3 is 2.27 bits per heavy atom. The second-order valence-corrected chi connectivity index (χ2v) is 9.22. The maximum Gasteiger partial charge on any atom is 0.264 e. The molecule has 0 saturated heterocycles. The van der Waals surface area contributed by atoms with E-state index in [4.69, 9.17) is 0 Å². The van der Waals surface area contributed by atoms with Crippen LogP contribution in [0.1, 0.15) is 30.9 Å². The van der Waals surface area contributed by atoms with E-state index in [-0.39, 0.29) is 11.4 Å². The van der Waals surface area contributed by atoms with Crippen LogP contribution in [0.15, 0.2) is 78.0 Å². The van der Waals surface area contributed by atoms with E-state index in [0.29, 0.717) is 17.3 Å². The first-order valence-corrected chi connectivity index (χ1v) is 11.1. The lowest BCUT2D eigenvalue weighted by Crippen LogP contribution is -2.38. The Kier molecular flexibility index (Phi) is 6.52. The number of pyridine rings is 1. The molecule has 1 N–H and O–H groups in total. The predicted molar refractivity (Wildman–Crippen MR) is 119 cm³/mol. The van der Waals surface area contributed by atoms with Crippen molar-refractivity contribution in [2.75, 3.05) is 16.2 Å². The molecule has 0 aliphatic carbocycles. The second-order valence-electron chi connectivity index (χ2n) is 7.36. The van der Waals surface area contributed by atoms with Gasteiger partial charge in [-0.05, 0) is 54.8 Å². The third kappa shape index (κ3) is 5.04. The maximum absolute atomic E-state index is 13.4. The summed E-state index contributed by atoms with van der Waals surface area (Å²) in [6.45, 7) is 5.67. The van der Waals surface area contributed by atoms with Gasteiger partial charge in [0, 0.05) is 6.20 Å². The van der Waals surface area contributed by atoms with Gasteiger partial charge in [-0.2, -0.15) is 0 Å². The van der Waals surface area contributed by atoms with E-state index in [1.54, 1.807) is 54.7 Å². The largest absolute Gasteiger partial charge is 0.323 e. The molecule has 30 heavy (non-hydrogen) atoms. The number of amides is 1. The smallest absolute Gasteiger partial charge is 0.264 e. The van der Waals surface area contributed by atoms with E-state index in [0.717, 1.165) is 15.4 Å². The molecule has 7 heteroatoms. The highest BCUT2D eigenvalue weighted by Gasteiger charge is 2.27. The number of benzene rings is 2. The Morgan fingerprint density at radius 2 is 1.70 bits per heavy atom. The van der Waals surface area contributed by atoms with Crippen molar-refractivity contribution in [2.45, 2.75) is 31.6 Å². The molecule has 6 nitrogen and oxygen atoms in total. The molecule has 1 heterocycles. The van der Waals surface area contributed by atoms with E-state index in [2.05, 4.69) is 24.1 Å². The van der Waals surface area contributed by atoms with Crippen LogP contribution in [0.25, 0.3) is 0 Å². The number of aromatic nitrogens is 1. The van der Waals surface area contributed by atoms with E-state index in [1.165, 1.54) is 6.20 Å². The molecule has 0 aliphatic heterocycles. The van der Waals surface area contributed by atoms with Gasteiger partial charge in [0.15, 0.2) is 0 Å². The number of nitrogens with one attached hydrogen (secondary N) is 1. The zero-order valence-corrected chi connectivity index (χ0v) is 18.1. The number of sulfonamides is 1. The predicted octanol–water partition coefficient (Wildman–Crippen LogP) is 4.35. The summed E-state index contributed by atoms with van der Waals surface area (Å²) in [6.07, 6.45) is 3.11. The van der Waals surface area contributed by atoms with Crippen molar-refractivity contribution in [2.24, 2.45) is 0 Å². The minimum Gasteiger partial charge on any atom is -0.323 e. The Labute approximate surface area is 177 Å². The number of hydrogen-bond donors (Lipinski definition) is 1. The van der Waals surface area contributed by atoms with Crippen LogP contribution in [0, 0.1) is 6.92 Å². The number of rotatable bonds is 7. The Hall–Kier alpha value is -3.19. The molecule has 0 radical (unpaired) electrons. The second kappa shape index (κ2) is 9.09. The van der Waals surface area contributed by atoms with E-state index >= 15 is 0 Å². The quantitative estimate of drug-likeness (QED) is 0.613. The Morgan fingerprint density at radius 1 is 1.03 bits per heavy atom. The highest BCUT2D eigenvalue weighted by molar-refractivity contribution is 7.92. The van der Waals surface area contributed by atoms with Gasteiger partial charge >= 0.3 is 0 Å². The number of hydrogen-bond acceptors (Lipinski definition) is 4. The average Bonchev–Trinajstić information content (AvgIpc) is 2.73. The standard InChI is InChI=1S/C23H25N3O3S/c1-17(2)19-8-10-21(11-9-19)26(16-23(27)25-20-5-4-14-24-15-20)30(28,29)22-12-6-18(3)7-13-22/h4-15,17H,16H2,1-3H3,(H,25,27). The lowest BCUT2D eigenvalue weighted by atomic mass is 10.0. The van der Waals surface area contributed by atoms with Gasteiger partial charge in [0.2, 0.25) is 5.91 Å². The summed E-state index contributed by atoms with van der Waals surface area (Å²) in [5.41, 5.74) is 2.98. The Bertz CT molecular complexity index is 1090. The third-order valence-electron chi connectivity index (χ3n) is 4.69. The first kappa shape index (κ1) is 21.5. The average molecular weight is 424 g/mol. The van der Waals surface area contributed by atoms with Crippen molar-refractivity contribution in [3.8, 4) is 0 Å². The fourth-order valence-corrected chi connectivity index (χ4v) is 4.37. The van der Waals surface area contributed by atoms with Crippen LogP contribution in [0.2, 0.25) is 0 Å². The summed E-state index contributed by atoms with van der Waals surface area (Å²) in [7, 11) is -3.93. The van der Waals surface area contributed by atoms with E-state index < -0.39 is 15.9 Å². The lowest BCUT2D eigenvalue weighted by molar-refractivity contribution is -0.114. The van der Waals surface area contributed by atoms with Crippen LogP contribution in [0.5, 0.6) is 0 Å². The van der Waals surface area contributed by atoms with Gasteiger partial charge in [0.1, 0.15) is 6.54 Å². The summed E-state index contributed by atoms with van der Waals surface area (Å²) < 4.78 is 27.9. The summed E-state index contributed by atoms with van der Waals surface area (Å²) in [5.74, 6) is -0.137. The zero-order valence-electron chi connectivity index (χ0n) is 17.2. The normalized spacial score (nSPS) is 11.3. The summed E-state index contributed by atoms with van der Waals surface area (Å²) in [6, 6.07) is 17.2. The van der Waals surface area contributed by atoms with Crippen molar-refractivity contribution in [3.63, 3.8) is 0 Å². The molecule has 0 spiro atoms. The molecular formula is C23H25N3O3S. The zero-order chi connectivity index (χ0) is 21.7. The number of carbonyl (C=O) groups excluding carboxylic acids is 1. The first-order chi connectivity index (χ1) is 14.3. The van der Waals surface area contributed by atoms with Crippen molar-refractivity contribution >= 4 is 27.3 Å². The minimum absolute atomic E-state index is 0.134. The molecule has 3 aromatic rings. The van der Waals surface area contributed by atoms with Crippen LogP contribution >= 0.6 is 0 Å². The summed E-state index contributed by atoms with van der Waals surface area (Å²) in [5, 5.41) is 2.70. The van der Waals surface area contributed by atoms with E-state index in [9.17, 15) is 13.2 Å². The molecular weight excluding hydrogens is 398 g/mol. The number of aryl methyl sites for hydroxylation is 1. The van der Waals surface area contributed by atoms with Crippen molar-refractivity contribution in [3.05, 3.63) is 84.2 Å². The number of anilines is 2. The van der Waals surface area contributed by atoms with Gasteiger partial charge in [-0.1, -0.05) is 43.7 Å². The minimum atomic E-state index is -3.93. The van der Waals surface area contributed by atoms with Crippen molar-refractivity contribution in [1.29, 1.82) is 0 Å². The van der Waals surface area contributed by atoms with Crippen LogP contribution in [-0.2, 0) is 14.8 Å². The Balaban J connectivity index is 1.95. The van der Waals surface area contributed by atoms with Gasteiger partial charge in [-0.25, -0.2) is 8.42 Å². The van der Waals surface area contributed by atoms with Gasteiger partial charge in [0.05, 0.1) is 22.5 Å². The third-order valence-corrected chi connectivity index (χ3v) is 6.48. The highest BCUT2D eigenvalue weighted by Crippen LogP contribution is 2.26. The van der Waals surface area contributed by atoms with Crippen LogP contribution in [0.3, 0.4) is 0 Å². The van der Waals surface area contributed by atoms with Gasteiger partial charge in [-0.3, -0.25) is 14.1 Å². The maximum atomic E-state index is 13.4. The van der Waals surface area contributed by atoms with Crippen LogP contribution in [0.4, 0.5) is 11.4 Å². The topological polar surface area (TPSA) is 79.4 Å². The summed E-state index contributed by atoms with van der Waals surface area (Å²) >= 11 is 0. The number of nitrogens with zero attached hydrogens (tertiary/aromatic N) is 2. The van der Waals surface area contributed by atoms with Crippen LogP contribution < -0.4 is 9.62 Å². The molecule has 2 aromatic carbocycles. The van der Waals surface area contributed by atoms with Crippen molar-refractivity contribution in [1.82, 2.24) is 4.98 Å². The van der Waals surface area contributed by atoms with Crippen molar-refractivity contribution < 1.29 is 13.2 Å². The van der Waals surface area contributed by atoms with Gasteiger partial charge in [0.25, 0.3) is 10.0 Å². The fourth-order valence-electron chi connectivity index (χ4n) is 2.95. The van der Waals surface area contributed by atoms with Gasteiger partial charge in [-0.15, -0.1) is 0 Å². The molecule has 0 atom stereocenters.